The Bertz CT molecular complexity index is 310. The molecule has 0 heterocycles. The zero-order valence-electron chi connectivity index (χ0n) is 7.79. The van der Waals surface area contributed by atoms with Crippen LogP contribution in [0.2, 0.25) is 0 Å². The van der Waals surface area contributed by atoms with E-state index in [1.165, 1.54) is 24.3 Å². The molecule has 1 aromatic rings. The van der Waals surface area contributed by atoms with Gasteiger partial charge < -0.3 is 5.32 Å². The molecule has 82 valence electrons. The molecule has 0 aliphatic heterocycles. The number of rotatable bonds is 4. The molecule has 0 aliphatic rings. The van der Waals surface area contributed by atoms with Crippen LogP contribution in [-0.2, 0) is 4.79 Å². The van der Waals surface area contributed by atoms with Crippen molar-refractivity contribution in [3.63, 3.8) is 0 Å². The molecule has 2 nitrogen and oxygen atoms in total. The third-order valence-electron chi connectivity index (χ3n) is 2.00. The van der Waals surface area contributed by atoms with Crippen LogP contribution >= 0.6 is 0 Å². The van der Waals surface area contributed by atoms with Crippen molar-refractivity contribution in [3.05, 3.63) is 35.9 Å². The summed E-state index contributed by atoms with van der Waals surface area (Å²) in [6.45, 7) is -0.434. The van der Waals surface area contributed by atoms with Crippen LogP contribution in [-0.4, -0.2) is 19.1 Å². The van der Waals surface area contributed by atoms with E-state index in [1.807, 2.05) is 0 Å². The quantitative estimate of drug-likeness (QED) is 0.768. The first kappa shape index (κ1) is 11.6. The van der Waals surface area contributed by atoms with Crippen LogP contribution in [0.15, 0.2) is 30.3 Å². The summed E-state index contributed by atoms with van der Waals surface area (Å²) >= 11 is 0. The Kier molecular flexibility index (Phi) is 3.71. The summed E-state index contributed by atoms with van der Waals surface area (Å²) in [6.07, 6.45) is -4.08. The van der Waals surface area contributed by atoms with Gasteiger partial charge in [-0.15, -0.1) is 0 Å². The van der Waals surface area contributed by atoms with Crippen LogP contribution in [0.4, 0.5) is 13.2 Å². The highest BCUT2D eigenvalue weighted by molar-refractivity contribution is 5.46. The molecule has 0 saturated carbocycles. The van der Waals surface area contributed by atoms with E-state index in [4.69, 9.17) is 0 Å². The first-order valence-corrected chi connectivity index (χ1v) is 4.34. The molecule has 1 atom stereocenters. The van der Waals surface area contributed by atoms with E-state index in [2.05, 4.69) is 5.32 Å². The number of carbonyl (C=O) groups excluding carboxylic acids is 1. The van der Waals surface area contributed by atoms with Crippen molar-refractivity contribution in [3.8, 4) is 0 Å². The van der Waals surface area contributed by atoms with E-state index in [0.717, 1.165) is 0 Å². The fourth-order valence-corrected chi connectivity index (χ4v) is 1.27. The fraction of sp³-hybridized carbons (Fsp3) is 0.300. The van der Waals surface area contributed by atoms with E-state index < -0.39 is 18.6 Å². The molecule has 5 heteroatoms. The van der Waals surface area contributed by atoms with Gasteiger partial charge in [0.05, 0.1) is 5.92 Å². The number of nitrogens with one attached hydrogen (secondary N) is 1. The molecule has 0 bridgehead atoms. The van der Waals surface area contributed by atoms with Gasteiger partial charge in [-0.1, -0.05) is 30.3 Å². The second-order valence-electron chi connectivity index (χ2n) is 3.03. The lowest BCUT2D eigenvalue weighted by Crippen LogP contribution is -2.31. The van der Waals surface area contributed by atoms with Crippen molar-refractivity contribution in [2.75, 3.05) is 6.54 Å². The number of halogens is 3. The Morgan fingerprint density at radius 1 is 1.27 bits per heavy atom. The zero-order chi connectivity index (χ0) is 11.3. The Morgan fingerprint density at radius 2 is 1.87 bits per heavy atom. The summed E-state index contributed by atoms with van der Waals surface area (Å²) in [7, 11) is 0. The van der Waals surface area contributed by atoms with Gasteiger partial charge >= 0.3 is 6.18 Å². The van der Waals surface area contributed by atoms with Crippen molar-refractivity contribution in [1.82, 2.24) is 5.32 Å². The van der Waals surface area contributed by atoms with E-state index in [0.29, 0.717) is 0 Å². The molecule has 15 heavy (non-hydrogen) atoms. The normalized spacial score (nSPS) is 13.3. The standard InChI is InChI=1S/C10H10F3NO/c11-10(12,13)9(6-14-7-15)8-4-2-1-3-5-8/h1-5,7,9H,6H2,(H,14,15). The minimum Gasteiger partial charge on any atom is -0.358 e. The van der Waals surface area contributed by atoms with Gasteiger partial charge in [0.25, 0.3) is 0 Å². The molecule has 1 unspecified atom stereocenters. The SMILES string of the molecule is O=CNCC(c1ccccc1)C(F)(F)F. The number of amides is 1. The molecule has 0 spiro atoms. The first-order valence-electron chi connectivity index (χ1n) is 4.34. The number of carbonyl (C=O) groups is 1. The maximum Gasteiger partial charge on any atom is 0.397 e. The molecule has 0 aromatic heterocycles. The largest absolute Gasteiger partial charge is 0.397 e. The average Bonchev–Trinajstić information content (AvgIpc) is 2.18. The van der Waals surface area contributed by atoms with Gasteiger partial charge in [-0.05, 0) is 5.56 Å². The van der Waals surface area contributed by atoms with Crippen LogP contribution in [0.3, 0.4) is 0 Å². The highest BCUT2D eigenvalue weighted by atomic mass is 19.4. The number of alkyl halides is 3. The second-order valence-corrected chi connectivity index (χ2v) is 3.03. The summed E-state index contributed by atoms with van der Waals surface area (Å²) in [5, 5.41) is 2.05. The summed E-state index contributed by atoms with van der Waals surface area (Å²) in [5.41, 5.74) is 0.152. The molecular formula is C10H10F3NO. The van der Waals surface area contributed by atoms with Gasteiger partial charge in [-0.3, -0.25) is 4.79 Å². The average molecular weight is 217 g/mol. The molecule has 0 fully saturated rings. The van der Waals surface area contributed by atoms with Crippen molar-refractivity contribution in [2.24, 2.45) is 0 Å². The maximum atomic E-state index is 12.6. The highest BCUT2D eigenvalue weighted by Gasteiger charge is 2.40. The molecule has 1 N–H and O–H groups in total. The Hall–Kier alpha value is -1.52. The zero-order valence-corrected chi connectivity index (χ0v) is 7.79. The van der Waals surface area contributed by atoms with Crippen LogP contribution in [0.25, 0.3) is 0 Å². The monoisotopic (exact) mass is 217 g/mol. The van der Waals surface area contributed by atoms with Crippen LogP contribution in [0, 0.1) is 0 Å². The Balaban J connectivity index is 2.86. The topological polar surface area (TPSA) is 29.1 Å². The minimum atomic E-state index is -4.35. The highest BCUT2D eigenvalue weighted by Crippen LogP contribution is 2.33. The lowest BCUT2D eigenvalue weighted by molar-refractivity contribution is -0.149. The minimum absolute atomic E-state index is 0.152. The predicted molar refractivity (Wildman–Crippen MR) is 49.3 cm³/mol. The Morgan fingerprint density at radius 3 is 2.33 bits per heavy atom. The van der Waals surface area contributed by atoms with Crippen molar-refractivity contribution >= 4 is 6.41 Å². The Labute approximate surface area is 85.1 Å². The number of hydrogen-bond donors (Lipinski definition) is 1. The molecule has 1 amide bonds. The van der Waals surface area contributed by atoms with E-state index >= 15 is 0 Å². The third kappa shape index (κ3) is 3.27. The fourth-order valence-electron chi connectivity index (χ4n) is 1.27. The van der Waals surface area contributed by atoms with Crippen molar-refractivity contribution < 1.29 is 18.0 Å². The number of hydrogen-bond acceptors (Lipinski definition) is 1. The van der Waals surface area contributed by atoms with Gasteiger partial charge in [0.15, 0.2) is 0 Å². The van der Waals surface area contributed by atoms with Crippen LogP contribution < -0.4 is 5.32 Å². The first-order chi connectivity index (χ1) is 7.05. The third-order valence-corrected chi connectivity index (χ3v) is 2.00. The summed E-state index contributed by atoms with van der Waals surface area (Å²) in [5.74, 6) is -1.65. The number of benzene rings is 1. The maximum absolute atomic E-state index is 12.6. The van der Waals surface area contributed by atoms with E-state index in [9.17, 15) is 18.0 Å². The molecule has 0 aliphatic carbocycles. The van der Waals surface area contributed by atoms with Crippen molar-refractivity contribution in [1.29, 1.82) is 0 Å². The lowest BCUT2D eigenvalue weighted by atomic mass is 9.99. The van der Waals surface area contributed by atoms with E-state index in [1.54, 1.807) is 6.07 Å². The van der Waals surface area contributed by atoms with Gasteiger partial charge in [-0.25, -0.2) is 0 Å². The van der Waals surface area contributed by atoms with Crippen LogP contribution in [0.1, 0.15) is 11.5 Å². The van der Waals surface area contributed by atoms with Crippen molar-refractivity contribution in [2.45, 2.75) is 12.1 Å². The molecular weight excluding hydrogens is 207 g/mol. The predicted octanol–water partition coefficient (Wildman–Crippen LogP) is 2.08. The molecule has 1 rings (SSSR count). The van der Waals surface area contributed by atoms with Gasteiger partial charge in [0.1, 0.15) is 0 Å². The van der Waals surface area contributed by atoms with E-state index in [-0.39, 0.29) is 12.0 Å². The van der Waals surface area contributed by atoms with Gasteiger partial charge in [0, 0.05) is 6.54 Å². The van der Waals surface area contributed by atoms with Gasteiger partial charge in [0.2, 0.25) is 6.41 Å². The second kappa shape index (κ2) is 4.82. The summed E-state index contributed by atoms with van der Waals surface area (Å²) in [4.78, 5) is 9.99. The molecule has 0 saturated heterocycles. The summed E-state index contributed by atoms with van der Waals surface area (Å²) < 4.78 is 37.7. The lowest BCUT2D eigenvalue weighted by Gasteiger charge is -2.19. The smallest absolute Gasteiger partial charge is 0.358 e. The molecule has 1 aromatic carbocycles. The molecule has 0 radical (unpaired) electrons. The van der Waals surface area contributed by atoms with Gasteiger partial charge in [-0.2, -0.15) is 13.2 Å². The summed E-state index contributed by atoms with van der Waals surface area (Å²) in [6, 6.07) is 7.50. The van der Waals surface area contributed by atoms with Crippen LogP contribution in [0.5, 0.6) is 0 Å².